The summed E-state index contributed by atoms with van der Waals surface area (Å²) >= 11 is 1.38. The Hall–Kier alpha value is -1.89. The fraction of sp³-hybridized carbons (Fsp3) is 0.467. The molecule has 1 fully saturated rings. The second-order valence-corrected chi connectivity index (χ2v) is 6.20. The molecule has 1 aliphatic carbocycles. The van der Waals surface area contributed by atoms with Crippen LogP contribution in [0.3, 0.4) is 0 Å². The van der Waals surface area contributed by atoms with Crippen molar-refractivity contribution in [3.05, 3.63) is 29.8 Å². The molecule has 0 unspecified atom stereocenters. The fourth-order valence-electron chi connectivity index (χ4n) is 2.74. The molecule has 1 saturated carbocycles. The summed E-state index contributed by atoms with van der Waals surface area (Å²) in [5.74, 6) is 0.917. The lowest BCUT2D eigenvalue weighted by atomic mass is 10.1. The Kier molecular flexibility index (Phi) is 4.72. The molecule has 1 aliphatic rings. The van der Waals surface area contributed by atoms with Crippen LogP contribution in [0.1, 0.15) is 42.1 Å². The molecule has 0 bridgehead atoms. The first-order valence-corrected chi connectivity index (χ1v) is 8.35. The van der Waals surface area contributed by atoms with Gasteiger partial charge in [-0.2, -0.15) is 0 Å². The molecule has 2 aromatic rings. The molecular formula is C15H18N4O2S. The summed E-state index contributed by atoms with van der Waals surface area (Å²) in [4.78, 5) is 12.4. The van der Waals surface area contributed by atoms with Gasteiger partial charge in [-0.15, -0.1) is 5.10 Å². The molecule has 0 radical (unpaired) electrons. The Labute approximate surface area is 133 Å². The van der Waals surface area contributed by atoms with Crippen LogP contribution in [0, 0.1) is 0 Å². The number of ether oxygens (including phenoxy) is 1. The Morgan fingerprint density at radius 1 is 1.36 bits per heavy atom. The van der Waals surface area contributed by atoms with Gasteiger partial charge in [0.2, 0.25) is 5.16 Å². The summed E-state index contributed by atoms with van der Waals surface area (Å²) in [6.07, 6.45) is 4.65. The first kappa shape index (κ1) is 15.0. The van der Waals surface area contributed by atoms with Gasteiger partial charge in [0.15, 0.2) is 5.78 Å². The van der Waals surface area contributed by atoms with Crippen molar-refractivity contribution in [2.45, 2.75) is 36.9 Å². The van der Waals surface area contributed by atoms with Crippen LogP contribution in [-0.2, 0) is 0 Å². The smallest absolute Gasteiger partial charge is 0.210 e. The van der Waals surface area contributed by atoms with Gasteiger partial charge in [0.05, 0.1) is 24.5 Å². The number of carbonyl (C=O) groups is 1. The Morgan fingerprint density at radius 3 is 2.91 bits per heavy atom. The van der Waals surface area contributed by atoms with E-state index in [1.54, 1.807) is 19.2 Å². The number of hydrogen-bond acceptors (Lipinski definition) is 6. The van der Waals surface area contributed by atoms with Crippen molar-refractivity contribution in [3.8, 4) is 5.75 Å². The first-order valence-electron chi connectivity index (χ1n) is 7.36. The van der Waals surface area contributed by atoms with E-state index in [-0.39, 0.29) is 5.78 Å². The molecule has 7 heteroatoms. The second-order valence-electron chi connectivity index (χ2n) is 5.26. The van der Waals surface area contributed by atoms with Gasteiger partial charge in [-0.1, -0.05) is 36.7 Å². The van der Waals surface area contributed by atoms with Gasteiger partial charge >= 0.3 is 0 Å². The molecule has 1 aromatic carbocycles. The SMILES string of the molecule is COc1ccccc1C(=O)CSc1nnnn1C1CCCC1. The van der Waals surface area contributed by atoms with Gasteiger partial charge in [-0.25, -0.2) is 4.68 Å². The van der Waals surface area contributed by atoms with Crippen LogP contribution >= 0.6 is 11.8 Å². The molecule has 116 valence electrons. The second kappa shape index (κ2) is 6.91. The molecule has 1 aromatic heterocycles. The van der Waals surface area contributed by atoms with Crippen molar-refractivity contribution >= 4 is 17.5 Å². The lowest BCUT2D eigenvalue weighted by Crippen LogP contribution is -2.10. The van der Waals surface area contributed by atoms with Crippen molar-refractivity contribution < 1.29 is 9.53 Å². The number of tetrazole rings is 1. The van der Waals surface area contributed by atoms with E-state index >= 15 is 0 Å². The van der Waals surface area contributed by atoms with Gasteiger partial charge in [-0.3, -0.25) is 4.79 Å². The maximum Gasteiger partial charge on any atom is 0.210 e. The number of ketones is 1. The number of benzene rings is 1. The normalized spacial score (nSPS) is 15.1. The van der Waals surface area contributed by atoms with Crippen LogP contribution in [0.4, 0.5) is 0 Å². The first-order chi connectivity index (χ1) is 10.8. The van der Waals surface area contributed by atoms with Gasteiger partial charge < -0.3 is 4.74 Å². The molecule has 6 nitrogen and oxygen atoms in total. The van der Waals surface area contributed by atoms with E-state index in [9.17, 15) is 4.79 Å². The van der Waals surface area contributed by atoms with E-state index in [0.29, 0.717) is 23.1 Å². The number of nitrogens with zero attached hydrogens (tertiary/aromatic N) is 4. The molecule has 1 heterocycles. The quantitative estimate of drug-likeness (QED) is 0.602. The minimum atomic E-state index is 0.0171. The molecule has 22 heavy (non-hydrogen) atoms. The molecule has 0 aliphatic heterocycles. The number of Topliss-reactive ketones (excluding diaryl/α,β-unsaturated/α-hetero) is 1. The van der Waals surface area contributed by atoms with Crippen LogP contribution in [-0.4, -0.2) is 38.9 Å². The molecular weight excluding hydrogens is 300 g/mol. The van der Waals surface area contributed by atoms with Crippen molar-refractivity contribution in [1.29, 1.82) is 0 Å². The van der Waals surface area contributed by atoms with Crippen LogP contribution in [0.25, 0.3) is 0 Å². The summed E-state index contributed by atoms with van der Waals surface area (Å²) in [5.41, 5.74) is 0.595. The third kappa shape index (κ3) is 3.14. The zero-order valence-electron chi connectivity index (χ0n) is 12.4. The number of para-hydroxylation sites is 1. The van der Waals surface area contributed by atoms with Crippen LogP contribution in [0.15, 0.2) is 29.4 Å². The van der Waals surface area contributed by atoms with Crippen molar-refractivity contribution in [2.75, 3.05) is 12.9 Å². The maximum absolute atomic E-state index is 12.4. The lowest BCUT2D eigenvalue weighted by molar-refractivity contribution is 0.101. The number of aromatic nitrogens is 4. The third-order valence-corrected chi connectivity index (χ3v) is 4.81. The topological polar surface area (TPSA) is 69.9 Å². The Bertz CT molecular complexity index is 652. The van der Waals surface area contributed by atoms with E-state index in [2.05, 4.69) is 15.5 Å². The zero-order chi connectivity index (χ0) is 15.4. The lowest BCUT2D eigenvalue weighted by Gasteiger charge is -2.11. The van der Waals surface area contributed by atoms with Gasteiger partial charge in [0.1, 0.15) is 5.75 Å². The molecule has 0 amide bonds. The van der Waals surface area contributed by atoms with Crippen LogP contribution < -0.4 is 4.74 Å². The summed E-state index contributed by atoms with van der Waals surface area (Å²) in [7, 11) is 1.57. The van der Waals surface area contributed by atoms with E-state index < -0.39 is 0 Å². The van der Waals surface area contributed by atoms with Crippen LogP contribution in [0.2, 0.25) is 0 Å². The highest BCUT2D eigenvalue weighted by molar-refractivity contribution is 7.99. The number of hydrogen-bond donors (Lipinski definition) is 0. The summed E-state index contributed by atoms with van der Waals surface area (Å²) in [6, 6.07) is 7.63. The van der Waals surface area contributed by atoms with Crippen LogP contribution in [0.5, 0.6) is 5.75 Å². The summed E-state index contributed by atoms with van der Waals surface area (Å²) in [6.45, 7) is 0. The highest BCUT2D eigenvalue weighted by Gasteiger charge is 2.22. The molecule has 0 N–H and O–H groups in total. The average molecular weight is 318 g/mol. The van der Waals surface area contributed by atoms with E-state index in [0.717, 1.165) is 18.0 Å². The number of carbonyl (C=O) groups excluding carboxylic acids is 1. The molecule has 0 spiro atoms. The highest BCUT2D eigenvalue weighted by Crippen LogP contribution is 2.31. The zero-order valence-corrected chi connectivity index (χ0v) is 13.3. The predicted molar refractivity (Wildman–Crippen MR) is 83.4 cm³/mol. The van der Waals surface area contributed by atoms with Gasteiger partial charge in [0, 0.05) is 0 Å². The predicted octanol–water partition coefficient (Wildman–Crippen LogP) is 2.77. The van der Waals surface area contributed by atoms with Crippen molar-refractivity contribution in [1.82, 2.24) is 20.2 Å². The van der Waals surface area contributed by atoms with Crippen molar-refractivity contribution in [2.24, 2.45) is 0 Å². The third-order valence-electron chi connectivity index (χ3n) is 3.87. The minimum absolute atomic E-state index is 0.0171. The molecule has 0 atom stereocenters. The van der Waals surface area contributed by atoms with Gasteiger partial charge in [-0.05, 0) is 35.4 Å². The number of methoxy groups -OCH3 is 1. The number of rotatable bonds is 6. The fourth-order valence-corrected chi connectivity index (χ4v) is 3.57. The monoisotopic (exact) mass is 318 g/mol. The molecule has 3 rings (SSSR count). The largest absolute Gasteiger partial charge is 0.496 e. The maximum atomic E-state index is 12.4. The van der Waals surface area contributed by atoms with Crippen molar-refractivity contribution in [3.63, 3.8) is 0 Å². The summed E-state index contributed by atoms with van der Waals surface area (Å²) in [5, 5.41) is 12.6. The van der Waals surface area contributed by atoms with E-state index in [4.69, 9.17) is 4.74 Å². The Morgan fingerprint density at radius 2 is 2.14 bits per heavy atom. The average Bonchev–Trinajstić information content (AvgIpc) is 3.23. The standard InChI is InChI=1S/C15H18N4O2S/c1-21-14-9-5-4-8-12(14)13(20)10-22-15-16-17-18-19(15)11-6-2-3-7-11/h4-5,8-9,11H,2-3,6-7,10H2,1H3. The molecule has 0 saturated heterocycles. The Balaban J connectivity index is 1.68. The van der Waals surface area contributed by atoms with E-state index in [1.165, 1.54) is 24.6 Å². The highest BCUT2D eigenvalue weighted by atomic mass is 32.2. The summed E-state index contributed by atoms with van der Waals surface area (Å²) < 4.78 is 7.10. The van der Waals surface area contributed by atoms with E-state index in [1.807, 2.05) is 16.8 Å². The van der Waals surface area contributed by atoms with Gasteiger partial charge in [0.25, 0.3) is 0 Å². The minimum Gasteiger partial charge on any atom is -0.496 e. The number of thioether (sulfide) groups is 1.